The Hall–Kier alpha value is -0.860. The van der Waals surface area contributed by atoms with Crippen LogP contribution in [0.25, 0.3) is 0 Å². The first-order valence-electron chi connectivity index (χ1n) is 5.07. The molecule has 0 fully saturated rings. The molecular weight excluding hydrogens is 178 g/mol. The molecule has 1 amide bonds. The molecule has 3 heteroatoms. The first kappa shape index (κ1) is 13.1. The van der Waals surface area contributed by atoms with E-state index in [2.05, 4.69) is 5.32 Å². The SMILES string of the molecule is CC[C@@H](CC(=O)C(C)(C)C)NC(C)=O. The first-order valence-corrected chi connectivity index (χ1v) is 5.07. The van der Waals surface area contributed by atoms with E-state index in [1.165, 1.54) is 6.92 Å². The Morgan fingerprint density at radius 2 is 1.79 bits per heavy atom. The Balaban J connectivity index is 4.19. The molecule has 0 radical (unpaired) electrons. The van der Waals surface area contributed by atoms with E-state index in [1.54, 1.807) is 0 Å². The fraction of sp³-hybridized carbons (Fsp3) is 0.818. The lowest BCUT2D eigenvalue weighted by molar-refractivity contribution is -0.127. The molecule has 0 spiro atoms. The van der Waals surface area contributed by atoms with Crippen molar-refractivity contribution in [1.29, 1.82) is 0 Å². The minimum absolute atomic E-state index is 0.0146. The second-order valence-electron chi connectivity index (χ2n) is 4.68. The van der Waals surface area contributed by atoms with Gasteiger partial charge in [-0.15, -0.1) is 0 Å². The minimum Gasteiger partial charge on any atom is -0.353 e. The van der Waals surface area contributed by atoms with Crippen LogP contribution in [0.5, 0.6) is 0 Å². The van der Waals surface area contributed by atoms with Crippen LogP contribution in [0.2, 0.25) is 0 Å². The molecule has 0 heterocycles. The van der Waals surface area contributed by atoms with Crippen LogP contribution in [0, 0.1) is 5.41 Å². The van der Waals surface area contributed by atoms with Gasteiger partial charge in [-0.3, -0.25) is 9.59 Å². The van der Waals surface area contributed by atoms with Gasteiger partial charge >= 0.3 is 0 Å². The molecule has 0 aliphatic carbocycles. The third-order valence-electron chi connectivity index (χ3n) is 2.17. The standard InChI is InChI=1S/C11H21NO2/c1-6-9(12-8(2)13)7-10(14)11(3,4)5/h9H,6-7H2,1-5H3,(H,12,13)/t9-/m0/s1. The van der Waals surface area contributed by atoms with Crippen LogP contribution < -0.4 is 5.32 Å². The molecule has 0 bridgehead atoms. The van der Waals surface area contributed by atoms with E-state index >= 15 is 0 Å². The van der Waals surface area contributed by atoms with Crippen molar-refractivity contribution in [3.8, 4) is 0 Å². The molecule has 0 aliphatic heterocycles. The van der Waals surface area contributed by atoms with E-state index in [0.29, 0.717) is 6.42 Å². The third-order valence-corrected chi connectivity index (χ3v) is 2.17. The summed E-state index contributed by atoms with van der Waals surface area (Å²) in [5, 5.41) is 2.77. The quantitative estimate of drug-likeness (QED) is 0.751. The normalized spacial score (nSPS) is 13.5. The summed E-state index contributed by atoms with van der Waals surface area (Å²) >= 11 is 0. The molecule has 1 N–H and O–H groups in total. The molecule has 0 unspecified atom stereocenters. The number of nitrogens with one attached hydrogen (secondary N) is 1. The molecule has 0 aliphatic rings. The fourth-order valence-electron chi connectivity index (χ4n) is 1.11. The summed E-state index contributed by atoms with van der Waals surface area (Å²) in [5.74, 6) is 0.122. The van der Waals surface area contributed by atoms with Gasteiger partial charge in [0.1, 0.15) is 5.78 Å². The molecule has 82 valence electrons. The Morgan fingerprint density at radius 1 is 1.29 bits per heavy atom. The van der Waals surface area contributed by atoms with Crippen molar-refractivity contribution in [2.24, 2.45) is 5.41 Å². The lowest BCUT2D eigenvalue weighted by Gasteiger charge is -2.21. The number of carbonyl (C=O) groups excluding carboxylic acids is 2. The average Bonchev–Trinajstić information content (AvgIpc) is 2.00. The zero-order chi connectivity index (χ0) is 11.4. The van der Waals surface area contributed by atoms with Gasteiger partial charge in [0.15, 0.2) is 0 Å². The molecule has 14 heavy (non-hydrogen) atoms. The van der Waals surface area contributed by atoms with Gasteiger partial charge in [0.25, 0.3) is 0 Å². The highest BCUT2D eigenvalue weighted by atomic mass is 16.1. The molecule has 0 saturated carbocycles. The van der Waals surface area contributed by atoms with Crippen LogP contribution in [-0.4, -0.2) is 17.7 Å². The van der Waals surface area contributed by atoms with Gasteiger partial charge in [-0.1, -0.05) is 27.7 Å². The Morgan fingerprint density at radius 3 is 2.07 bits per heavy atom. The van der Waals surface area contributed by atoms with Crippen LogP contribution in [0.15, 0.2) is 0 Å². The van der Waals surface area contributed by atoms with Crippen LogP contribution in [0.4, 0.5) is 0 Å². The predicted molar refractivity (Wildman–Crippen MR) is 57.0 cm³/mol. The summed E-state index contributed by atoms with van der Waals surface area (Å²) in [4.78, 5) is 22.5. The summed E-state index contributed by atoms with van der Waals surface area (Å²) < 4.78 is 0. The number of rotatable bonds is 4. The zero-order valence-electron chi connectivity index (χ0n) is 9.81. The van der Waals surface area contributed by atoms with E-state index in [1.807, 2.05) is 27.7 Å². The van der Waals surface area contributed by atoms with Gasteiger partial charge in [-0.2, -0.15) is 0 Å². The van der Waals surface area contributed by atoms with Crippen LogP contribution in [-0.2, 0) is 9.59 Å². The van der Waals surface area contributed by atoms with Crippen molar-refractivity contribution in [2.75, 3.05) is 0 Å². The number of carbonyl (C=O) groups is 2. The van der Waals surface area contributed by atoms with Crippen LogP contribution in [0.1, 0.15) is 47.5 Å². The van der Waals surface area contributed by atoms with E-state index in [0.717, 1.165) is 6.42 Å². The molecule has 0 saturated heterocycles. The van der Waals surface area contributed by atoms with E-state index in [9.17, 15) is 9.59 Å². The summed E-state index contributed by atoms with van der Waals surface area (Å²) in [7, 11) is 0. The second-order valence-corrected chi connectivity index (χ2v) is 4.68. The number of hydrogen-bond donors (Lipinski definition) is 1. The van der Waals surface area contributed by atoms with Gasteiger partial charge in [-0.25, -0.2) is 0 Å². The topological polar surface area (TPSA) is 46.2 Å². The summed E-state index contributed by atoms with van der Waals surface area (Å²) in [6.07, 6.45) is 1.22. The lowest BCUT2D eigenvalue weighted by Crippen LogP contribution is -2.36. The van der Waals surface area contributed by atoms with E-state index < -0.39 is 0 Å². The van der Waals surface area contributed by atoms with Crippen LogP contribution in [0.3, 0.4) is 0 Å². The maximum absolute atomic E-state index is 11.7. The van der Waals surface area contributed by atoms with E-state index in [-0.39, 0.29) is 23.1 Å². The Labute approximate surface area is 86.3 Å². The zero-order valence-corrected chi connectivity index (χ0v) is 9.81. The first-order chi connectivity index (χ1) is 6.27. The number of Topliss-reactive ketones (excluding diaryl/α,β-unsaturated/α-hetero) is 1. The van der Waals surface area contributed by atoms with Crippen molar-refractivity contribution in [2.45, 2.75) is 53.5 Å². The van der Waals surface area contributed by atoms with Crippen molar-refractivity contribution >= 4 is 11.7 Å². The van der Waals surface area contributed by atoms with Gasteiger partial charge < -0.3 is 5.32 Å². The number of ketones is 1. The predicted octanol–water partition coefficient (Wildman–Crippen LogP) is 1.91. The van der Waals surface area contributed by atoms with Crippen molar-refractivity contribution in [3.63, 3.8) is 0 Å². The Bertz CT molecular complexity index is 216. The van der Waals surface area contributed by atoms with Crippen molar-refractivity contribution in [1.82, 2.24) is 5.32 Å². The van der Waals surface area contributed by atoms with Gasteiger partial charge in [0, 0.05) is 24.8 Å². The summed E-state index contributed by atoms with van der Waals surface area (Å²) in [6, 6.07) is -0.0146. The van der Waals surface area contributed by atoms with Crippen molar-refractivity contribution in [3.05, 3.63) is 0 Å². The highest BCUT2D eigenvalue weighted by molar-refractivity contribution is 5.84. The molecule has 0 aromatic carbocycles. The van der Waals surface area contributed by atoms with Gasteiger partial charge in [-0.05, 0) is 6.42 Å². The van der Waals surface area contributed by atoms with Crippen molar-refractivity contribution < 1.29 is 9.59 Å². The maximum atomic E-state index is 11.7. The molecule has 0 rings (SSSR count). The average molecular weight is 199 g/mol. The molecule has 0 aromatic rings. The highest BCUT2D eigenvalue weighted by Crippen LogP contribution is 2.18. The molecule has 3 nitrogen and oxygen atoms in total. The molecule has 1 atom stereocenters. The fourth-order valence-corrected chi connectivity index (χ4v) is 1.11. The molecule has 0 aromatic heterocycles. The minimum atomic E-state index is -0.314. The third kappa shape index (κ3) is 5.00. The van der Waals surface area contributed by atoms with Gasteiger partial charge in [0.2, 0.25) is 5.91 Å². The van der Waals surface area contributed by atoms with E-state index in [4.69, 9.17) is 0 Å². The summed E-state index contributed by atoms with van der Waals surface area (Å²) in [5.41, 5.74) is -0.314. The smallest absolute Gasteiger partial charge is 0.217 e. The monoisotopic (exact) mass is 199 g/mol. The molecular formula is C11H21NO2. The highest BCUT2D eigenvalue weighted by Gasteiger charge is 2.24. The number of hydrogen-bond acceptors (Lipinski definition) is 2. The maximum Gasteiger partial charge on any atom is 0.217 e. The second kappa shape index (κ2) is 5.13. The largest absolute Gasteiger partial charge is 0.353 e. The van der Waals surface area contributed by atoms with Crippen LogP contribution >= 0.6 is 0 Å². The number of amides is 1. The van der Waals surface area contributed by atoms with Gasteiger partial charge in [0.05, 0.1) is 0 Å². The summed E-state index contributed by atoms with van der Waals surface area (Å²) in [6.45, 7) is 9.14. The Kier molecular flexibility index (Phi) is 4.81. The lowest BCUT2D eigenvalue weighted by atomic mass is 9.86.